The third kappa shape index (κ3) is 3.57. The lowest BCUT2D eigenvalue weighted by atomic mass is 10.1. The summed E-state index contributed by atoms with van der Waals surface area (Å²) in [6.45, 7) is 0.515. The molecule has 0 saturated carbocycles. The SMILES string of the molecule is Fc1c(CNCc2ccccc2)cccc1C(F)(F)F. The number of hydrogen-bond donors (Lipinski definition) is 1. The van der Waals surface area contributed by atoms with Gasteiger partial charge in [-0.15, -0.1) is 0 Å². The largest absolute Gasteiger partial charge is 0.419 e. The molecule has 0 fully saturated rings. The minimum Gasteiger partial charge on any atom is -0.309 e. The van der Waals surface area contributed by atoms with Crippen molar-refractivity contribution in [1.29, 1.82) is 0 Å². The van der Waals surface area contributed by atoms with Gasteiger partial charge in [-0.2, -0.15) is 13.2 Å². The highest BCUT2D eigenvalue weighted by atomic mass is 19.4. The average Bonchev–Trinajstić information content (AvgIpc) is 2.40. The molecule has 0 aliphatic rings. The van der Waals surface area contributed by atoms with E-state index < -0.39 is 17.6 Å². The molecular weight excluding hydrogens is 270 g/mol. The van der Waals surface area contributed by atoms with Crippen molar-refractivity contribution >= 4 is 0 Å². The van der Waals surface area contributed by atoms with Crippen LogP contribution in [0, 0.1) is 5.82 Å². The molecule has 20 heavy (non-hydrogen) atoms. The molecule has 0 spiro atoms. The number of benzene rings is 2. The standard InChI is InChI=1S/C15H13F4N/c16-14-12(7-4-8-13(14)15(17,18)19)10-20-9-11-5-2-1-3-6-11/h1-8,20H,9-10H2. The first kappa shape index (κ1) is 14.5. The molecule has 106 valence electrons. The lowest BCUT2D eigenvalue weighted by Crippen LogP contribution is -2.16. The summed E-state index contributed by atoms with van der Waals surface area (Å²) >= 11 is 0. The summed E-state index contributed by atoms with van der Waals surface area (Å²) in [6, 6.07) is 12.7. The Morgan fingerprint density at radius 3 is 2.20 bits per heavy atom. The van der Waals surface area contributed by atoms with Gasteiger partial charge in [0.15, 0.2) is 0 Å². The normalized spacial score (nSPS) is 11.6. The molecule has 0 heterocycles. The van der Waals surface area contributed by atoms with Crippen LogP contribution < -0.4 is 5.32 Å². The molecular formula is C15H13F4N. The smallest absolute Gasteiger partial charge is 0.309 e. The van der Waals surface area contributed by atoms with E-state index in [1.54, 1.807) is 0 Å². The Morgan fingerprint density at radius 2 is 1.55 bits per heavy atom. The van der Waals surface area contributed by atoms with Crippen molar-refractivity contribution < 1.29 is 17.6 Å². The maximum Gasteiger partial charge on any atom is 0.419 e. The third-order valence-corrected chi connectivity index (χ3v) is 2.87. The van der Waals surface area contributed by atoms with Crippen LogP contribution in [0.1, 0.15) is 16.7 Å². The molecule has 0 aliphatic heterocycles. The molecule has 0 aromatic heterocycles. The monoisotopic (exact) mass is 283 g/mol. The van der Waals surface area contributed by atoms with Crippen LogP contribution in [0.2, 0.25) is 0 Å². The summed E-state index contributed by atoms with van der Waals surface area (Å²) in [5.74, 6) is -1.21. The van der Waals surface area contributed by atoms with Gasteiger partial charge in [0.1, 0.15) is 5.82 Å². The highest BCUT2D eigenvalue weighted by Crippen LogP contribution is 2.32. The van der Waals surface area contributed by atoms with Crippen molar-refractivity contribution in [1.82, 2.24) is 5.32 Å². The Kier molecular flexibility index (Phi) is 4.39. The van der Waals surface area contributed by atoms with Crippen molar-refractivity contribution in [2.75, 3.05) is 0 Å². The molecule has 2 aromatic carbocycles. The second-order valence-corrected chi connectivity index (χ2v) is 4.37. The van der Waals surface area contributed by atoms with Gasteiger partial charge in [0.25, 0.3) is 0 Å². The number of halogens is 4. The van der Waals surface area contributed by atoms with Crippen LogP contribution in [0.15, 0.2) is 48.5 Å². The lowest BCUT2D eigenvalue weighted by molar-refractivity contribution is -0.140. The Balaban J connectivity index is 2.04. The van der Waals surface area contributed by atoms with E-state index in [1.165, 1.54) is 12.1 Å². The van der Waals surface area contributed by atoms with Crippen molar-refractivity contribution in [2.24, 2.45) is 0 Å². The molecule has 0 unspecified atom stereocenters. The van der Waals surface area contributed by atoms with Crippen LogP contribution in [0.3, 0.4) is 0 Å². The zero-order valence-corrected chi connectivity index (χ0v) is 10.5. The fraction of sp³-hybridized carbons (Fsp3) is 0.200. The fourth-order valence-corrected chi connectivity index (χ4v) is 1.87. The van der Waals surface area contributed by atoms with Gasteiger partial charge in [-0.05, 0) is 11.6 Å². The Bertz CT molecular complexity index is 564. The molecule has 0 radical (unpaired) electrons. The summed E-state index contributed by atoms with van der Waals surface area (Å²) in [7, 11) is 0. The summed E-state index contributed by atoms with van der Waals surface area (Å²) in [4.78, 5) is 0. The van der Waals surface area contributed by atoms with E-state index in [0.717, 1.165) is 11.6 Å². The Labute approximate surface area is 114 Å². The summed E-state index contributed by atoms with van der Waals surface area (Å²) in [5, 5.41) is 2.93. The van der Waals surface area contributed by atoms with Crippen molar-refractivity contribution in [2.45, 2.75) is 19.3 Å². The first-order chi connectivity index (χ1) is 9.48. The van der Waals surface area contributed by atoms with E-state index in [0.29, 0.717) is 6.54 Å². The second kappa shape index (κ2) is 6.05. The topological polar surface area (TPSA) is 12.0 Å². The molecule has 0 saturated heterocycles. The molecule has 2 rings (SSSR count). The van der Waals surface area contributed by atoms with E-state index in [2.05, 4.69) is 5.32 Å². The van der Waals surface area contributed by atoms with Crippen LogP contribution in [0.5, 0.6) is 0 Å². The quantitative estimate of drug-likeness (QED) is 0.832. The van der Waals surface area contributed by atoms with Crippen LogP contribution >= 0.6 is 0 Å². The molecule has 0 aliphatic carbocycles. The lowest BCUT2D eigenvalue weighted by Gasteiger charge is -2.11. The van der Waals surface area contributed by atoms with Gasteiger partial charge >= 0.3 is 6.18 Å². The van der Waals surface area contributed by atoms with Crippen LogP contribution in [0.25, 0.3) is 0 Å². The predicted molar refractivity (Wildman–Crippen MR) is 68.4 cm³/mol. The van der Waals surface area contributed by atoms with Crippen molar-refractivity contribution in [3.05, 3.63) is 71.0 Å². The molecule has 2 aromatic rings. The van der Waals surface area contributed by atoms with Crippen molar-refractivity contribution in [3.63, 3.8) is 0 Å². The molecule has 0 bridgehead atoms. The minimum atomic E-state index is -4.67. The zero-order valence-electron chi connectivity index (χ0n) is 10.5. The van der Waals surface area contributed by atoms with E-state index in [4.69, 9.17) is 0 Å². The molecule has 1 nitrogen and oxygen atoms in total. The molecule has 5 heteroatoms. The van der Waals surface area contributed by atoms with Crippen LogP contribution in [-0.2, 0) is 19.3 Å². The maximum absolute atomic E-state index is 13.7. The summed E-state index contributed by atoms with van der Waals surface area (Å²) in [5.41, 5.74) is -0.229. The number of alkyl halides is 3. The number of rotatable bonds is 4. The van der Waals surface area contributed by atoms with Gasteiger partial charge in [-0.1, -0.05) is 42.5 Å². The Hall–Kier alpha value is -1.88. The molecule has 1 N–H and O–H groups in total. The first-order valence-corrected chi connectivity index (χ1v) is 6.07. The Morgan fingerprint density at radius 1 is 0.850 bits per heavy atom. The van der Waals surface area contributed by atoms with Gasteiger partial charge in [-0.25, -0.2) is 4.39 Å². The summed E-state index contributed by atoms with van der Waals surface area (Å²) < 4.78 is 51.4. The minimum absolute atomic E-state index is 0.00996. The van der Waals surface area contributed by atoms with Gasteiger partial charge in [0.05, 0.1) is 5.56 Å². The summed E-state index contributed by atoms with van der Waals surface area (Å²) in [6.07, 6.45) is -4.67. The molecule has 0 atom stereocenters. The van der Waals surface area contributed by atoms with Gasteiger partial charge in [0, 0.05) is 18.7 Å². The van der Waals surface area contributed by atoms with Gasteiger partial charge in [0.2, 0.25) is 0 Å². The number of hydrogen-bond acceptors (Lipinski definition) is 1. The van der Waals surface area contributed by atoms with Crippen LogP contribution in [0.4, 0.5) is 17.6 Å². The van der Waals surface area contributed by atoms with E-state index in [-0.39, 0.29) is 12.1 Å². The first-order valence-electron chi connectivity index (χ1n) is 6.07. The van der Waals surface area contributed by atoms with Crippen molar-refractivity contribution in [3.8, 4) is 0 Å². The van der Waals surface area contributed by atoms with Gasteiger partial charge < -0.3 is 5.32 Å². The van der Waals surface area contributed by atoms with Crippen LogP contribution in [-0.4, -0.2) is 0 Å². The highest BCUT2D eigenvalue weighted by Gasteiger charge is 2.34. The van der Waals surface area contributed by atoms with E-state index >= 15 is 0 Å². The average molecular weight is 283 g/mol. The second-order valence-electron chi connectivity index (χ2n) is 4.37. The zero-order chi connectivity index (χ0) is 14.6. The van der Waals surface area contributed by atoms with E-state index in [1.807, 2.05) is 30.3 Å². The van der Waals surface area contributed by atoms with Gasteiger partial charge in [-0.3, -0.25) is 0 Å². The highest BCUT2D eigenvalue weighted by molar-refractivity contribution is 5.28. The molecule has 0 amide bonds. The number of nitrogens with one attached hydrogen (secondary N) is 1. The maximum atomic E-state index is 13.7. The van der Waals surface area contributed by atoms with E-state index in [9.17, 15) is 17.6 Å². The fourth-order valence-electron chi connectivity index (χ4n) is 1.87. The predicted octanol–water partition coefficient (Wildman–Crippen LogP) is 4.13. The third-order valence-electron chi connectivity index (χ3n) is 2.87.